The van der Waals surface area contributed by atoms with E-state index in [9.17, 15) is 13.6 Å². The van der Waals surface area contributed by atoms with Gasteiger partial charge in [0, 0.05) is 29.4 Å². The normalized spacial score (nSPS) is 13.6. The summed E-state index contributed by atoms with van der Waals surface area (Å²) < 4.78 is 36.3. The molecule has 176 valence electrons. The van der Waals surface area contributed by atoms with Gasteiger partial charge in [0.05, 0.1) is 16.4 Å². The summed E-state index contributed by atoms with van der Waals surface area (Å²) in [7, 11) is 0. The van der Waals surface area contributed by atoms with Crippen molar-refractivity contribution in [1.29, 1.82) is 0 Å². The molecule has 1 saturated carbocycles. The Kier molecular flexibility index (Phi) is 4.99. The van der Waals surface area contributed by atoms with Crippen molar-refractivity contribution in [3.8, 4) is 28.7 Å². The lowest BCUT2D eigenvalue weighted by Gasteiger charge is -2.05. The molecule has 0 aliphatic heterocycles. The number of hydrogen-bond donors (Lipinski definition) is 0. The van der Waals surface area contributed by atoms with Crippen LogP contribution in [0.3, 0.4) is 0 Å². The molecule has 11 heteroatoms. The van der Waals surface area contributed by atoms with Crippen molar-refractivity contribution < 1.29 is 13.2 Å². The molecule has 1 aliphatic rings. The Balaban J connectivity index is 1.54. The van der Waals surface area contributed by atoms with E-state index >= 15 is 0 Å². The SMILES string of the molecule is Cc1cc(CF)nc2cc(-c3nc(-n4ccc(C5CC5)nc4=O)c(-c4ccc(Cl)c(F)c4)o3)nn12. The van der Waals surface area contributed by atoms with Crippen molar-refractivity contribution in [3.63, 3.8) is 0 Å². The second-order valence-corrected chi connectivity index (χ2v) is 8.81. The van der Waals surface area contributed by atoms with Gasteiger partial charge in [0.25, 0.3) is 0 Å². The number of hydrogen-bond acceptors (Lipinski definition) is 6. The zero-order valence-electron chi connectivity index (χ0n) is 18.4. The zero-order valence-corrected chi connectivity index (χ0v) is 19.1. The summed E-state index contributed by atoms with van der Waals surface area (Å²) in [6.45, 7) is 1.07. The molecule has 1 fully saturated rings. The van der Waals surface area contributed by atoms with Gasteiger partial charge in [-0.3, -0.25) is 0 Å². The summed E-state index contributed by atoms with van der Waals surface area (Å²) >= 11 is 5.86. The second kappa shape index (κ2) is 8.09. The van der Waals surface area contributed by atoms with Crippen LogP contribution in [0.15, 0.2) is 51.8 Å². The number of fused-ring (bicyclic) bond motifs is 1. The van der Waals surface area contributed by atoms with Crippen molar-refractivity contribution in [2.75, 3.05) is 0 Å². The fourth-order valence-electron chi connectivity index (χ4n) is 3.96. The smallest absolute Gasteiger partial charge is 0.353 e. The number of alkyl halides is 1. The lowest BCUT2D eigenvalue weighted by Crippen LogP contribution is -2.22. The first-order valence-electron chi connectivity index (χ1n) is 10.9. The van der Waals surface area contributed by atoms with Crippen LogP contribution in [0.1, 0.15) is 35.8 Å². The van der Waals surface area contributed by atoms with Crippen molar-refractivity contribution in [2.45, 2.75) is 32.4 Å². The number of benzene rings is 1. The Morgan fingerprint density at radius 1 is 1.14 bits per heavy atom. The minimum atomic E-state index is -0.708. The summed E-state index contributed by atoms with van der Waals surface area (Å²) in [6.07, 6.45) is 3.60. The molecule has 4 heterocycles. The van der Waals surface area contributed by atoms with Crippen LogP contribution in [0.5, 0.6) is 0 Å². The first-order valence-corrected chi connectivity index (χ1v) is 11.3. The Morgan fingerprint density at radius 2 is 1.97 bits per heavy atom. The topological polar surface area (TPSA) is 91.1 Å². The molecule has 0 radical (unpaired) electrons. The van der Waals surface area contributed by atoms with E-state index in [4.69, 9.17) is 16.0 Å². The second-order valence-electron chi connectivity index (χ2n) is 8.40. The Labute approximate surface area is 201 Å². The highest BCUT2D eigenvalue weighted by Gasteiger charge is 2.27. The lowest BCUT2D eigenvalue weighted by atomic mass is 10.1. The maximum Gasteiger partial charge on any atom is 0.353 e. The largest absolute Gasteiger partial charge is 0.432 e. The Morgan fingerprint density at radius 3 is 2.69 bits per heavy atom. The Hall–Kier alpha value is -3.92. The minimum absolute atomic E-state index is 0.0479. The van der Waals surface area contributed by atoms with Crippen LogP contribution in [-0.4, -0.2) is 29.1 Å². The van der Waals surface area contributed by atoms with Gasteiger partial charge in [0.15, 0.2) is 22.9 Å². The predicted molar refractivity (Wildman–Crippen MR) is 124 cm³/mol. The highest BCUT2D eigenvalue weighted by Crippen LogP contribution is 2.38. The highest BCUT2D eigenvalue weighted by molar-refractivity contribution is 6.30. The van der Waals surface area contributed by atoms with Crippen LogP contribution in [-0.2, 0) is 6.67 Å². The average Bonchev–Trinajstić information content (AvgIpc) is 3.45. The number of halogens is 3. The van der Waals surface area contributed by atoms with Gasteiger partial charge in [0.2, 0.25) is 5.89 Å². The molecule has 0 N–H and O–H groups in total. The van der Waals surface area contributed by atoms with Gasteiger partial charge in [-0.15, -0.1) is 0 Å². The number of aryl methyl sites for hydroxylation is 1. The van der Waals surface area contributed by atoms with Crippen LogP contribution < -0.4 is 5.69 Å². The molecule has 1 aromatic carbocycles. The van der Waals surface area contributed by atoms with E-state index in [-0.39, 0.29) is 28.2 Å². The van der Waals surface area contributed by atoms with Crippen molar-refractivity contribution >= 4 is 17.2 Å². The Bertz CT molecular complexity index is 1670. The fraction of sp³-hybridized carbons (Fsp3) is 0.208. The third kappa shape index (κ3) is 3.79. The van der Waals surface area contributed by atoms with E-state index in [1.165, 1.54) is 21.2 Å². The molecule has 0 spiro atoms. The summed E-state index contributed by atoms with van der Waals surface area (Å²) in [5, 5.41) is 4.43. The van der Waals surface area contributed by atoms with Gasteiger partial charge in [0.1, 0.15) is 12.5 Å². The van der Waals surface area contributed by atoms with Crippen molar-refractivity contribution in [2.24, 2.45) is 0 Å². The molecule has 35 heavy (non-hydrogen) atoms. The first kappa shape index (κ1) is 21.6. The molecule has 0 unspecified atom stereocenters. The molecule has 8 nitrogen and oxygen atoms in total. The van der Waals surface area contributed by atoms with Gasteiger partial charge in [-0.1, -0.05) is 11.6 Å². The molecule has 0 amide bonds. The number of oxazole rings is 1. The van der Waals surface area contributed by atoms with Crippen molar-refractivity contribution in [3.05, 3.63) is 81.0 Å². The molecule has 0 saturated heterocycles. The molecule has 1 aliphatic carbocycles. The number of nitrogens with zero attached hydrogens (tertiary/aromatic N) is 6. The molecular weight excluding hydrogens is 478 g/mol. The number of rotatable bonds is 5. The van der Waals surface area contributed by atoms with Gasteiger partial charge >= 0.3 is 5.69 Å². The van der Waals surface area contributed by atoms with E-state index in [0.717, 1.165) is 18.5 Å². The van der Waals surface area contributed by atoms with Gasteiger partial charge < -0.3 is 4.42 Å². The highest BCUT2D eigenvalue weighted by atomic mass is 35.5. The molecule has 6 rings (SSSR count). The molecule has 5 aromatic rings. The minimum Gasteiger partial charge on any atom is -0.432 e. The van der Waals surface area contributed by atoms with Gasteiger partial charge in [-0.2, -0.15) is 15.1 Å². The van der Waals surface area contributed by atoms with Crippen molar-refractivity contribution in [1.82, 2.24) is 29.1 Å². The summed E-state index contributed by atoms with van der Waals surface area (Å²) in [4.78, 5) is 25.8. The van der Waals surface area contributed by atoms with E-state index < -0.39 is 18.2 Å². The number of aromatic nitrogens is 6. The van der Waals surface area contributed by atoms with E-state index in [1.54, 1.807) is 37.4 Å². The van der Waals surface area contributed by atoms with E-state index in [0.29, 0.717) is 28.5 Å². The van der Waals surface area contributed by atoms with Crippen LogP contribution in [0, 0.1) is 12.7 Å². The maximum absolute atomic E-state index is 14.3. The van der Waals surface area contributed by atoms with Gasteiger partial charge in [-0.25, -0.2) is 27.6 Å². The lowest BCUT2D eigenvalue weighted by molar-refractivity contribution is 0.475. The third-order valence-electron chi connectivity index (χ3n) is 5.85. The van der Waals surface area contributed by atoms with E-state index in [1.807, 2.05) is 0 Å². The quantitative estimate of drug-likeness (QED) is 0.340. The third-order valence-corrected chi connectivity index (χ3v) is 6.16. The van der Waals surface area contributed by atoms with E-state index in [2.05, 4.69) is 20.1 Å². The van der Waals surface area contributed by atoms with Crippen LogP contribution >= 0.6 is 11.6 Å². The van der Waals surface area contributed by atoms with Gasteiger partial charge in [-0.05, 0) is 50.1 Å². The molecular formula is C24H17ClF2N6O2. The van der Waals surface area contributed by atoms with Crippen LogP contribution in [0.2, 0.25) is 5.02 Å². The first-order chi connectivity index (χ1) is 16.9. The molecule has 0 atom stereocenters. The van der Waals surface area contributed by atoms with Crippen LogP contribution in [0.25, 0.3) is 34.4 Å². The fourth-order valence-corrected chi connectivity index (χ4v) is 4.08. The van der Waals surface area contributed by atoms with Crippen LogP contribution in [0.4, 0.5) is 8.78 Å². The molecule has 0 bridgehead atoms. The summed E-state index contributed by atoms with van der Waals surface area (Å²) in [5.74, 6) is 0.0136. The standard InChI is InChI=1S/C24H17ClF2N6O2/c1-12-8-15(11-26)28-20-10-19(31-33(12)20)23-30-22(21(35-23)14-4-5-16(25)17(27)9-14)32-7-6-18(13-2-3-13)29-24(32)34/h4-10,13H,2-3,11H2,1H3. The maximum atomic E-state index is 14.3. The summed E-state index contributed by atoms with van der Waals surface area (Å²) in [6, 6.07) is 9.14. The molecule has 4 aromatic heterocycles. The average molecular weight is 495 g/mol. The summed E-state index contributed by atoms with van der Waals surface area (Å²) in [5.41, 5.74) is 2.23. The zero-order chi connectivity index (χ0) is 24.3. The predicted octanol–water partition coefficient (Wildman–Crippen LogP) is 5.05. The monoisotopic (exact) mass is 494 g/mol.